The predicted octanol–water partition coefficient (Wildman–Crippen LogP) is 6.14. The molecule has 1 saturated heterocycles. The molecule has 0 spiro atoms. The summed E-state index contributed by atoms with van der Waals surface area (Å²) >= 11 is 0. The Labute approximate surface area is 172 Å². The van der Waals surface area contributed by atoms with Gasteiger partial charge in [-0.2, -0.15) is 0 Å². The van der Waals surface area contributed by atoms with Crippen LogP contribution in [0.2, 0.25) is 0 Å². The molecule has 0 amide bonds. The summed E-state index contributed by atoms with van der Waals surface area (Å²) in [5.74, 6) is 0. The van der Waals surface area contributed by atoms with Crippen LogP contribution in [0.3, 0.4) is 0 Å². The second-order valence-corrected chi connectivity index (χ2v) is 7.73. The predicted molar refractivity (Wildman–Crippen MR) is 118 cm³/mol. The summed E-state index contributed by atoms with van der Waals surface area (Å²) in [5.41, 5.74) is 12.3. The van der Waals surface area contributed by atoms with Crippen molar-refractivity contribution in [1.82, 2.24) is 4.90 Å². The molecule has 146 valence electrons. The van der Waals surface area contributed by atoms with Gasteiger partial charge >= 0.3 is 0 Å². The van der Waals surface area contributed by atoms with Crippen molar-refractivity contribution in [2.24, 2.45) is 5.11 Å². The van der Waals surface area contributed by atoms with Crippen LogP contribution >= 0.6 is 0 Å². The molecule has 4 nitrogen and oxygen atoms in total. The Kier molecular flexibility index (Phi) is 5.66. The molecule has 4 heteroatoms. The van der Waals surface area contributed by atoms with Crippen LogP contribution in [0.25, 0.3) is 10.4 Å². The molecule has 1 fully saturated rings. The van der Waals surface area contributed by atoms with Crippen molar-refractivity contribution in [1.29, 1.82) is 0 Å². The smallest absolute Gasteiger partial charge is 0.0975 e. The van der Waals surface area contributed by atoms with Crippen LogP contribution in [0.5, 0.6) is 0 Å². The number of benzene rings is 3. The minimum absolute atomic E-state index is 0.0614. The van der Waals surface area contributed by atoms with Crippen molar-refractivity contribution in [3.05, 3.63) is 118 Å². The molecule has 2 atom stereocenters. The van der Waals surface area contributed by atoms with Crippen molar-refractivity contribution in [3.8, 4) is 0 Å². The number of piperidine rings is 1. The lowest BCUT2D eigenvalue weighted by molar-refractivity contribution is 0.0666. The van der Waals surface area contributed by atoms with E-state index >= 15 is 0 Å². The maximum absolute atomic E-state index is 8.91. The minimum atomic E-state index is -0.398. The van der Waals surface area contributed by atoms with Crippen molar-refractivity contribution in [3.63, 3.8) is 0 Å². The maximum atomic E-state index is 8.91. The van der Waals surface area contributed by atoms with Crippen LogP contribution in [-0.2, 0) is 5.54 Å². The van der Waals surface area contributed by atoms with E-state index in [9.17, 15) is 0 Å². The average molecular weight is 383 g/mol. The molecule has 0 N–H and O–H groups in total. The molecule has 0 bridgehead atoms. The molecule has 0 aromatic heterocycles. The van der Waals surface area contributed by atoms with Crippen LogP contribution < -0.4 is 0 Å². The van der Waals surface area contributed by atoms with Crippen molar-refractivity contribution < 1.29 is 0 Å². The fraction of sp³-hybridized carbons (Fsp3) is 0.280. The Hall–Kier alpha value is -3.07. The normalized spacial score (nSPS) is 20.0. The zero-order valence-corrected chi connectivity index (χ0v) is 16.7. The fourth-order valence-corrected chi connectivity index (χ4v) is 4.86. The van der Waals surface area contributed by atoms with Gasteiger partial charge in [0.2, 0.25) is 0 Å². The summed E-state index contributed by atoms with van der Waals surface area (Å²) in [4.78, 5) is 5.66. The third-order valence-corrected chi connectivity index (χ3v) is 6.07. The summed E-state index contributed by atoms with van der Waals surface area (Å²) in [6.45, 7) is 3.12. The number of hydrogen-bond acceptors (Lipinski definition) is 2. The molecule has 2 unspecified atom stereocenters. The average Bonchev–Trinajstić information content (AvgIpc) is 2.78. The molecule has 0 aliphatic carbocycles. The van der Waals surface area contributed by atoms with E-state index < -0.39 is 5.54 Å². The number of nitrogens with zero attached hydrogens (tertiary/aromatic N) is 4. The van der Waals surface area contributed by atoms with E-state index in [4.69, 9.17) is 5.53 Å². The SMILES string of the molecule is CC1CC(N=[N+]=[N-])CCN1C(c1ccccc1)(c1ccccc1)c1ccccc1. The molecular weight excluding hydrogens is 356 g/mol. The van der Waals surface area contributed by atoms with Gasteiger partial charge in [-0.15, -0.1) is 0 Å². The van der Waals surface area contributed by atoms with Gasteiger partial charge in [-0.25, -0.2) is 0 Å². The highest BCUT2D eigenvalue weighted by Gasteiger charge is 2.45. The zero-order chi connectivity index (χ0) is 20.1. The van der Waals surface area contributed by atoms with Crippen molar-refractivity contribution in [2.75, 3.05) is 6.54 Å². The highest BCUT2D eigenvalue weighted by atomic mass is 15.3. The summed E-state index contributed by atoms with van der Waals surface area (Å²) in [6, 6.07) is 32.6. The molecule has 4 rings (SSSR count). The van der Waals surface area contributed by atoms with E-state index in [1.165, 1.54) is 16.7 Å². The van der Waals surface area contributed by atoms with Crippen molar-refractivity contribution >= 4 is 0 Å². The van der Waals surface area contributed by atoms with Gasteiger partial charge in [0.25, 0.3) is 0 Å². The largest absolute Gasteiger partial charge is 0.283 e. The maximum Gasteiger partial charge on any atom is 0.0975 e. The van der Waals surface area contributed by atoms with Gasteiger partial charge in [0, 0.05) is 23.5 Å². The van der Waals surface area contributed by atoms with E-state index in [1.54, 1.807) is 0 Å². The summed E-state index contributed by atoms with van der Waals surface area (Å²) in [6.07, 6.45) is 1.72. The Morgan fingerprint density at radius 3 is 1.66 bits per heavy atom. The first kappa shape index (κ1) is 19.3. The number of azide groups is 1. The van der Waals surface area contributed by atoms with E-state index in [-0.39, 0.29) is 12.1 Å². The van der Waals surface area contributed by atoms with Gasteiger partial charge in [-0.05, 0) is 42.0 Å². The first-order valence-corrected chi connectivity index (χ1v) is 10.2. The number of likely N-dealkylation sites (tertiary alicyclic amines) is 1. The molecule has 0 radical (unpaired) electrons. The lowest BCUT2D eigenvalue weighted by Gasteiger charge is -2.51. The van der Waals surface area contributed by atoms with Crippen LogP contribution in [0, 0.1) is 0 Å². The second kappa shape index (κ2) is 8.52. The first-order chi connectivity index (χ1) is 14.3. The zero-order valence-electron chi connectivity index (χ0n) is 16.7. The molecule has 1 aliphatic heterocycles. The van der Waals surface area contributed by atoms with Gasteiger partial charge in [0.05, 0.1) is 5.54 Å². The molecule has 3 aromatic rings. The molecule has 1 heterocycles. The molecule has 29 heavy (non-hydrogen) atoms. The number of hydrogen-bond donors (Lipinski definition) is 0. The van der Waals surface area contributed by atoms with Crippen LogP contribution in [0.4, 0.5) is 0 Å². The third-order valence-electron chi connectivity index (χ3n) is 6.07. The molecule has 1 aliphatic rings. The standard InChI is InChI=1S/C25H26N4/c1-20-19-24(27-28-26)17-18-29(20)25(21-11-5-2-6-12-21,22-13-7-3-8-14-22)23-15-9-4-10-16-23/h2-16,20,24H,17-19H2,1H3. The number of rotatable bonds is 5. The van der Waals surface area contributed by atoms with E-state index in [0.29, 0.717) is 0 Å². The molecule has 0 saturated carbocycles. The summed E-state index contributed by atoms with van der Waals surface area (Å²) < 4.78 is 0. The first-order valence-electron chi connectivity index (χ1n) is 10.2. The molecular formula is C25H26N4. The van der Waals surface area contributed by atoms with Gasteiger partial charge in [-0.3, -0.25) is 4.90 Å². The highest BCUT2D eigenvalue weighted by molar-refractivity contribution is 5.50. The van der Waals surface area contributed by atoms with Gasteiger partial charge < -0.3 is 0 Å². The van der Waals surface area contributed by atoms with Gasteiger partial charge in [-0.1, -0.05) is 96.1 Å². The third kappa shape index (κ3) is 3.53. The lowest BCUT2D eigenvalue weighted by Crippen LogP contribution is -2.55. The topological polar surface area (TPSA) is 52.0 Å². The van der Waals surface area contributed by atoms with Gasteiger partial charge in [0.1, 0.15) is 0 Å². The Morgan fingerprint density at radius 1 is 0.828 bits per heavy atom. The summed E-state index contributed by atoms with van der Waals surface area (Å²) in [7, 11) is 0. The highest BCUT2D eigenvalue weighted by Crippen LogP contribution is 2.45. The van der Waals surface area contributed by atoms with Gasteiger partial charge in [0.15, 0.2) is 0 Å². The molecule has 3 aromatic carbocycles. The van der Waals surface area contributed by atoms with E-state index in [1.807, 2.05) is 0 Å². The van der Waals surface area contributed by atoms with E-state index in [2.05, 4.69) is 113 Å². The van der Waals surface area contributed by atoms with Crippen LogP contribution in [0.1, 0.15) is 36.5 Å². The monoisotopic (exact) mass is 382 g/mol. The summed E-state index contributed by atoms with van der Waals surface area (Å²) in [5, 5.41) is 4.02. The Bertz CT molecular complexity index is 869. The van der Waals surface area contributed by atoms with Crippen LogP contribution in [-0.4, -0.2) is 23.5 Å². The fourth-order valence-electron chi connectivity index (χ4n) is 4.86. The minimum Gasteiger partial charge on any atom is -0.283 e. The Balaban J connectivity index is 1.95. The second-order valence-electron chi connectivity index (χ2n) is 7.73. The van der Waals surface area contributed by atoms with Crippen LogP contribution in [0.15, 0.2) is 96.1 Å². The Morgan fingerprint density at radius 2 is 1.28 bits per heavy atom. The van der Waals surface area contributed by atoms with Crippen molar-refractivity contribution in [2.45, 2.75) is 37.4 Å². The van der Waals surface area contributed by atoms with E-state index in [0.717, 1.165) is 19.4 Å². The lowest BCUT2D eigenvalue weighted by atomic mass is 9.73. The quantitative estimate of drug-likeness (QED) is 0.226.